The summed E-state index contributed by atoms with van der Waals surface area (Å²) in [4.78, 5) is 27.4. The topological polar surface area (TPSA) is 95.7 Å². The maximum Gasteiger partial charge on any atom is 0.292 e. The molecule has 7 heteroatoms. The van der Waals surface area contributed by atoms with Crippen molar-refractivity contribution >= 4 is 11.8 Å². The number of likely N-dealkylation sites (tertiary alicyclic amines) is 1. The van der Waals surface area contributed by atoms with Crippen molar-refractivity contribution in [3.05, 3.63) is 53.4 Å². The lowest BCUT2D eigenvalue weighted by molar-refractivity contribution is -0.143. The van der Waals surface area contributed by atoms with Gasteiger partial charge in [-0.15, -0.1) is 0 Å². The first-order chi connectivity index (χ1) is 13.9. The van der Waals surface area contributed by atoms with Crippen LogP contribution in [0.5, 0.6) is 0 Å². The predicted octanol–water partition coefficient (Wildman–Crippen LogP) is 2.64. The molecule has 0 aliphatic carbocycles. The Bertz CT molecular complexity index is 884. The number of hydrogen-bond donors (Lipinski definition) is 2. The first-order valence-electron chi connectivity index (χ1n) is 10.2. The minimum Gasteiger partial charge on any atom is -0.391 e. The number of carbonyl (C=O) groups excluding carboxylic acids is 2. The van der Waals surface area contributed by atoms with Crippen LogP contribution in [-0.2, 0) is 4.79 Å². The van der Waals surface area contributed by atoms with Crippen LogP contribution in [0.15, 0.2) is 40.9 Å². The highest BCUT2D eigenvalue weighted by atomic mass is 16.5. The molecule has 0 radical (unpaired) electrons. The number of benzene rings is 1. The van der Waals surface area contributed by atoms with Gasteiger partial charge in [0, 0.05) is 19.2 Å². The third-order valence-electron chi connectivity index (χ3n) is 6.25. The van der Waals surface area contributed by atoms with Gasteiger partial charge in [-0.05, 0) is 30.7 Å². The third-order valence-corrected chi connectivity index (χ3v) is 6.25. The van der Waals surface area contributed by atoms with Gasteiger partial charge < -0.3 is 19.8 Å². The Balaban J connectivity index is 1.42. The van der Waals surface area contributed by atoms with Crippen molar-refractivity contribution < 1.29 is 19.2 Å². The summed E-state index contributed by atoms with van der Waals surface area (Å²) in [7, 11) is 0. The number of nitrogens with one attached hydrogen (secondary N) is 1. The molecule has 2 aromatic rings. The summed E-state index contributed by atoms with van der Waals surface area (Å²) < 4.78 is 5.22. The van der Waals surface area contributed by atoms with Crippen molar-refractivity contribution in [2.75, 3.05) is 13.1 Å². The molecule has 7 nitrogen and oxygen atoms in total. The number of carbonyl (C=O) groups is 2. The summed E-state index contributed by atoms with van der Waals surface area (Å²) in [5, 5.41) is 17.7. The van der Waals surface area contributed by atoms with E-state index in [-0.39, 0.29) is 23.5 Å². The van der Waals surface area contributed by atoms with E-state index in [1.54, 1.807) is 11.0 Å². The van der Waals surface area contributed by atoms with Crippen molar-refractivity contribution in [2.45, 2.75) is 51.2 Å². The summed E-state index contributed by atoms with van der Waals surface area (Å²) >= 11 is 0. The van der Waals surface area contributed by atoms with Crippen molar-refractivity contribution in [2.24, 2.45) is 5.41 Å². The highest BCUT2D eigenvalue weighted by molar-refractivity contribution is 5.92. The average Bonchev–Trinajstić information content (AvgIpc) is 3.22. The van der Waals surface area contributed by atoms with Crippen LogP contribution in [0.1, 0.15) is 66.9 Å². The average molecular weight is 397 g/mol. The van der Waals surface area contributed by atoms with Crippen LogP contribution in [0.4, 0.5) is 0 Å². The summed E-state index contributed by atoms with van der Waals surface area (Å²) in [5.74, 6) is 0.195. The molecule has 0 unspecified atom stereocenters. The van der Waals surface area contributed by atoms with Crippen LogP contribution < -0.4 is 5.32 Å². The van der Waals surface area contributed by atoms with Gasteiger partial charge in [-0.2, -0.15) is 0 Å². The molecule has 2 aliphatic heterocycles. The minimum absolute atomic E-state index is 0.0366. The van der Waals surface area contributed by atoms with E-state index in [9.17, 15) is 14.7 Å². The highest BCUT2D eigenvalue weighted by Gasteiger charge is 2.49. The van der Waals surface area contributed by atoms with Gasteiger partial charge in [0.1, 0.15) is 0 Å². The van der Waals surface area contributed by atoms with Gasteiger partial charge in [0.15, 0.2) is 0 Å². The molecular weight excluding hydrogens is 370 g/mol. The van der Waals surface area contributed by atoms with Gasteiger partial charge in [0.05, 0.1) is 23.3 Å². The maximum atomic E-state index is 13.0. The molecule has 154 valence electrons. The number of hydrogen-bond acceptors (Lipinski definition) is 5. The molecule has 29 heavy (non-hydrogen) atoms. The number of aliphatic hydroxyl groups is 1. The molecule has 1 spiro atoms. The molecule has 2 amide bonds. The van der Waals surface area contributed by atoms with E-state index in [4.69, 9.17) is 4.52 Å². The Kier molecular flexibility index (Phi) is 5.17. The van der Waals surface area contributed by atoms with Crippen molar-refractivity contribution in [3.63, 3.8) is 0 Å². The lowest BCUT2D eigenvalue weighted by Gasteiger charge is -2.46. The minimum atomic E-state index is -0.653. The molecule has 0 bridgehead atoms. The Morgan fingerprint density at radius 2 is 1.97 bits per heavy atom. The third kappa shape index (κ3) is 3.67. The number of piperidine rings is 2. The predicted molar refractivity (Wildman–Crippen MR) is 106 cm³/mol. The number of aliphatic hydroxyl groups excluding tert-OH is 1. The summed E-state index contributed by atoms with van der Waals surface area (Å²) in [6, 6.07) is 10.8. The van der Waals surface area contributed by atoms with Crippen molar-refractivity contribution in [3.8, 4) is 0 Å². The lowest BCUT2D eigenvalue weighted by Crippen LogP contribution is -2.57. The number of aromatic nitrogens is 1. The van der Waals surface area contributed by atoms with Crippen molar-refractivity contribution in [1.82, 2.24) is 15.4 Å². The molecule has 3 heterocycles. The van der Waals surface area contributed by atoms with Crippen molar-refractivity contribution in [1.29, 1.82) is 0 Å². The fourth-order valence-electron chi connectivity index (χ4n) is 4.35. The van der Waals surface area contributed by atoms with Crippen LogP contribution in [-0.4, -0.2) is 46.2 Å². The maximum absolute atomic E-state index is 13.0. The zero-order valence-corrected chi connectivity index (χ0v) is 16.8. The number of rotatable bonds is 3. The second kappa shape index (κ2) is 7.63. The Labute approximate surface area is 170 Å². The van der Waals surface area contributed by atoms with Crippen LogP contribution in [0.2, 0.25) is 0 Å². The van der Waals surface area contributed by atoms with Gasteiger partial charge >= 0.3 is 0 Å². The van der Waals surface area contributed by atoms with Crippen LogP contribution in [0.3, 0.4) is 0 Å². The lowest BCUT2D eigenvalue weighted by atomic mass is 9.69. The van der Waals surface area contributed by atoms with E-state index in [0.29, 0.717) is 32.4 Å². The molecule has 4 rings (SSSR count). The van der Waals surface area contributed by atoms with Gasteiger partial charge in [-0.3, -0.25) is 9.59 Å². The molecule has 1 aromatic heterocycles. The summed E-state index contributed by atoms with van der Waals surface area (Å²) in [5.41, 5.74) is 1.03. The Hall–Kier alpha value is -2.67. The van der Waals surface area contributed by atoms with E-state index < -0.39 is 17.6 Å². The van der Waals surface area contributed by atoms with Gasteiger partial charge in [-0.25, -0.2) is 0 Å². The fraction of sp³-hybridized carbons (Fsp3) is 0.500. The molecule has 2 fully saturated rings. The molecule has 1 aromatic carbocycles. The first-order valence-corrected chi connectivity index (χ1v) is 10.2. The highest BCUT2D eigenvalue weighted by Crippen LogP contribution is 2.42. The quantitative estimate of drug-likeness (QED) is 0.830. The Morgan fingerprint density at radius 1 is 1.28 bits per heavy atom. The van der Waals surface area contributed by atoms with E-state index in [1.165, 1.54) is 0 Å². The van der Waals surface area contributed by atoms with Crippen LogP contribution in [0, 0.1) is 5.41 Å². The molecule has 2 atom stereocenters. The second-order valence-corrected chi connectivity index (χ2v) is 8.48. The Morgan fingerprint density at radius 3 is 2.59 bits per heavy atom. The number of nitrogens with zero attached hydrogens (tertiary/aromatic N) is 2. The summed E-state index contributed by atoms with van der Waals surface area (Å²) in [6.07, 6.45) is 0.795. The standard InChI is InChI=1S/C22H27N3O4/c1-14(2)16-12-18(29-24-16)20(27)25-10-8-22(9-11-25)13-17(26)19(23-21(22)28)15-6-4-3-5-7-15/h3-7,12,14,17,19,26H,8-11,13H2,1-2H3,(H,23,28)/t17-,19+/m1/s1. The zero-order chi connectivity index (χ0) is 20.6. The van der Waals surface area contributed by atoms with Gasteiger partial charge in [0.25, 0.3) is 5.91 Å². The molecular formula is C22H27N3O4. The number of amides is 2. The monoisotopic (exact) mass is 397 g/mol. The zero-order valence-electron chi connectivity index (χ0n) is 16.8. The van der Waals surface area contributed by atoms with E-state index >= 15 is 0 Å². The summed E-state index contributed by atoms with van der Waals surface area (Å²) in [6.45, 7) is 4.89. The molecule has 2 aliphatic rings. The van der Waals surface area contributed by atoms with Gasteiger partial charge in [-0.1, -0.05) is 49.3 Å². The van der Waals surface area contributed by atoms with Crippen LogP contribution >= 0.6 is 0 Å². The normalized spacial score (nSPS) is 24.0. The molecule has 2 N–H and O–H groups in total. The fourth-order valence-corrected chi connectivity index (χ4v) is 4.35. The van der Waals surface area contributed by atoms with E-state index in [1.807, 2.05) is 44.2 Å². The molecule has 2 saturated heterocycles. The largest absolute Gasteiger partial charge is 0.391 e. The first kappa shape index (κ1) is 19.6. The second-order valence-electron chi connectivity index (χ2n) is 8.48. The van der Waals surface area contributed by atoms with E-state index in [2.05, 4.69) is 10.5 Å². The SMILES string of the molecule is CC(C)c1cc(C(=O)N2CCC3(CC2)C[C@@H](O)[C@H](c2ccccc2)NC3=O)on1. The van der Waals surface area contributed by atoms with Crippen LogP contribution in [0.25, 0.3) is 0 Å². The van der Waals surface area contributed by atoms with Gasteiger partial charge in [0.2, 0.25) is 11.7 Å². The smallest absolute Gasteiger partial charge is 0.292 e. The van der Waals surface area contributed by atoms with E-state index in [0.717, 1.165) is 11.3 Å². The molecule has 0 saturated carbocycles.